The lowest BCUT2D eigenvalue weighted by atomic mass is 10.1. The van der Waals surface area contributed by atoms with Gasteiger partial charge in [0.1, 0.15) is 5.82 Å². The predicted octanol–water partition coefficient (Wildman–Crippen LogP) is 2.21. The summed E-state index contributed by atoms with van der Waals surface area (Å²) in [4.78, 5) is 16.4. The summed E-state index contributed by atoms with van der Waals surface area (Å²) in [7, 11) is 1.64. The molecule has 0 unspecified atom stereocenters. The third kappa shape index (κ3) is 3.65. The molecule has 2 rings (SSSR count). The van der Waals surface area contributed by atoms with E-state index in [1.54, 1.807) is 7.11 Å². The highest BCUT2D eigenvalue weighted by Gasteiger charge is 2.14. The zero-order valence-electron chi connectivity index (χ0n) is 13.1. The topological polar surface area (TPSA) is 82.2 Å². The van der Waals surface area contributed by atoms with Crippen molar-refractivity contribution in [3.8, 4) is 0 Å². The molecule has 1 aromatic carbocycles. The summed E-state index contributed by atoms with van der Waals surface area (Å²) in [6.45, 7) is 4.24. The van der Waals surface area contributed by atoms with Crippen molar-refractivity contribution in [2.24, 2.45) is 0 Å². The summed E-state index contributed by atoms with van der Waals surface area (Å²) in [6.07, 6.45) is 0. The molecule has 0 saturated carbocycles. The van der Waals surface area contributed by atoms with Crippen LogP contribution in [0.25, 0.3) is 0 Å². The van der Waals surface area contributed by atoms with Crippen LogP contribution in [0.15, 0.2) is 41.2 Å². The molecule has 1 heterocycles. The van der Waals surface area contributed by atoms with Crippen LogP contribution in [0.1, 0.15) is 31.5 Å². The van der Waals surface area contributed by atoms with Crippen LogP contribution < -0.4 is 16.6 Å². The molecule has 0 aliphatic rings. The Hall–Kier alpha value is -2.34. The van der Waals surface area contributed by atoms with Crippen molar-refractivity contribution in [1.29, 1.82) is 0 Å². The molecule has 0 spiro atoms. The molecule has 0 amide bonds. The highest BCUT2D eigenvalue weighted by Crippen LogP contribution is 2.19. The van der Waals surface area contributed by atoms with Crippen molar-refractivity contribution in [2.75, 3.05) is 24.8 Å². The van der Waals surface area contributed by atoms with Gasteiger partial charge >= 0.3 is 0 Å². The zero-order valence-corrected chi connectivity index (χ0v) is 13.1. The number of anilines is 2. The average molecular weight is 302 g/mol. The highest BCUT2D eigenvalue weighted by atomic mass is 16.5. The van der Waals surface area contributed by atoms with Gasteiger partial charge in [-0.25, -0.2) is 0 Å². The first-order valence-corrected chi connectivity index (χ1v) is 7.22. The number of hydrogen-bond donors (Lipinski definition) is 2. The largest absolute Gasteiger partial charge is 0.382 e. The van der Waals surface area contributed by atoms with Gasteiger partial charge in [0.15, 0.2) is 0 Å². The van der Waals surface area contributed by atoms with Crippen LogP contribution >= 0.6 is 0 Å². The molecule has 1 atom stereocenters. The van der Waals surface area contributed by atoms with E-state index in [-0.39, 0.29) is 23.6 Å². The number of rotatable bonds is 6. The quantitative estimate of drug-likeness (QED) is 0.855. The Morgan fingerprint density at radius 1 is 1.32 bits per heavy atom. The molecular formula is C16H22N4O2. The Balaban J connectivity index is 2.30. The van der Waals surface area contributed by atoms with Gasteiger partial charge in [-0.05, 0) is 19.4 Å². The van der Waals surface area contributed by atoms with Crippen molar-refractivity contribution >= 4 is 11.8 Å². The van der Waals surface area contributed by atoms with E-state index in [9.17, 15) is 4.79 Å². The Morgan fingerprint density at radius 3 is 2.55 bits per heavy atom. The van der Waals surface area contributed by atoms with Crippen molar-refractivity contribution in [3.05, 3.63) is 52.3 Å². The lowest BCUT2D eigenvalue weighted by Crippen LogP contribution is -2.27. The fourth-order valence-electron chi connectivity index (χ4n) is 2.35. The number of benzene rings is 1. The van der Waals surface area contributed by atoms with Gasteiger partial charge in [-0.1, -0.05) is 30.3 Å². The fraction of sp³-hybridized carbons (Fsp3) is 0.375. The van der Waals surface area contributed by atoms with Crippen LogP contribution in [-0.4, -0.2) is 23.3 Å². The van der Waals surface area contributed by atoms with E-state index in [0.29, 0.717) is 12.4 Å². The van der Waals surface area contributed by atoms with E-state index in [1.165, 1.54) is 10.6 Å². The van der Waals surface area contributed by atoms with Crippen molar-refractivity contribution in [2.45, 2.75) is 25.9 Å². The minimum Gasteiger partial charge on any atom is -0.382 e. The molecule has 6 heteroatoms. The summed E-state index contributed by atoms with van der Waals surface area (Å²) in [6, 6.07) is 11.2. The van der Waals surface area contributed by atoms with Gasteiger partial charge in [0.25, 0.3) is 5.56 Å². The van der Waals surface area contributed by atoms with Crippen molar-refractivity contribution < 1.29 is 4.74 Å². The second-order valence-electron chi connectivity index (χ2n) is 5.36. The molecule has 0 radical (unpaired) electrons. The summed E-state index contributed by atoms with van der Waals surface area (Å²) < 4.78 is 6.71. The molecule has 6 nitrogen and oxygen atoms in total. The first kappa shape index (κ1) is 16.0. The average Bonchev–Trinajstić information content (AvgIpc) is 2.46. The second-order valence-corrected chi connectivity index (χ2v) is 5.36. The molecule has 0 fully saturated rings. The maximum Gasteiger partial charge on any atom is 0.257 e. The van der Waals surface area contributed by atoms with Crippen LogP contribution in [0.3, 0.4) is 0 Å². The Kier molecular flexibility index (Phi) is 5.16. The van der Waals surface area contributed by atoms with Gasteiger partial charge in [0.05, 0.1) is 12.6 Å². The number of methoxy groups -OCH3 is 1. The number of ether oxygens (including phenoxy) is 1. The lowest BCUT2D eigenvalue weighted by Gasteiger charge is -2.20. The van der Waals surface area contributed by atoms with Crippen LogP contribution in [-0.2, 0) is 4.74 Å². The maximum absolute atomic E-state index is 12.1. The first-order chi connectivity index (χ1) is 10.5. The molecule has 22 heavy (non-hydrogen) atoms. The van der Waals surface area contributed by atoms with Gasteiger partial charge in [0, 0.05) is 19.2 Å². The monoisotopic (exact) mass is 302 g/mol. The molecule has 0 aliphatic carbocycles. The molecule has 118 valence electrons. The van der Waals surface area contributed by atoms with Gasteiger partial charge in [-0.3, -0.25) is 9.36 Å². The van der Waals surface area contributed by atoms with E-state index in [4.69, 9.17) is 10.5 Å². The fourth-order valence-corrected chi connectivity index (χ4v) is 2.35. The molecule has 0 saturated heterocycles. The van der Waals surface area contributed by atoms with Crippen molar-refractivity contribution in [1.82, 2.24) is 9.55 Å². The van der Waals surface area contributed by atoms with Crippen LogP contribution in [0.5, 0.6) is 0 Å². The smallest absolute Gasteiger partial charge is 0.257 e. The third-order valence-corrected chi connectivity index (χ3v) is 3.35. The minimum atomic E-state index is -0.172. The number of nitrogen functional groups attached to an aromatic ring is 1. The number of nitrogens with two attached hydrogens (primary N) is 1. The Morgan fingerprint density at radius 2 is 2.00 bits per heavy atom. The standard InChI is InChI=1S/C16H22N4O2/c1-11(2)20-15(21)9-14(19-16(20)17)18-13(10-22-3)12-7-5-4-6-8-12/h4-9,11,13,18H,10H2,1-3H3,(H2,17,19)/t13-/m0/s1. The van der Waals surface area contributed by atoms with E-state index in [1.807, 2.05) is 44.2 Å². The minimum absolute atomic E-state index is 0.0297. The highest BCUT2D eigenvalue weighted by molar-refractivity contribution is 5.41. The van der Waals surface area contributed by atoms with Gasteiger partial charge < -0.3 is 15.8 Å². The molecule has 3 N–H and O–H groups in total. The second kappa shape index (κ2) is 7.09. The number of nitrogens with zero attached hydrogens (tertiary/aromatic N) is 2. The summed E-state index contributed by atoms with van der Waals surface area (Å²) in [5.74, 6) is 0.652. The number of aromatic nitrogens is 2. The summed E-state index contributed by atoms with van der Waals surface area (Å²) in [5.41, 5.74) is 6.77. The third-order valence-electron chi connectivity index (χ3n) is 3.35. The molecular weight excluding hydrogens is 280 g/mol. The number of nitrogens with one attached hydrogen (secondary N) is 1. The van der Waals surface area contributed by atoms with Crippen LogP contribution in [0.2, 0.25) is 0 Å². The molecule has 0 bridgehead atoms. The maximum atomic E-state index is 12.1. The Bertz CT molecular complexity index is 668. The SMILES string of the molecule is COC[C@H](Nc1cc(=O)n(C(C)C)c(N)n1)c1ccccc1. The van der Waals surface area contributed by atoms with Crippen molar-refractivity contribution in [3.63, 3.8) is 0 Å². The van der Waals surface area contributed by atoms with Gasteiger partial charge in [-0.2, -0.15) is 4.98 Å². The summed E-state index contributed by atoms with van der Waals surface area (Å²) in [5, 5.41) is 3.21. The predicted molar refractivity (Wildman–Crippen MR) is 88.0 cm³/mol. The molecule has 2 aromatic rings. The first-order valence-electron chi connectivity index (χ1n) is 7.22. The van der Waals surface area contributed by atoms with Crippen LogP contribution in [0, 0.1) is 0 Å². The zero-order chi connectivity index (χ0) is 16.1. The van der Waals surface area contributed by atoms with Crippen LogP contribution in [0.4, 0.5) is 11.8 Å². The lowest BCUT2D eigenvalue weighted by molar-refractivity contribution is 0.186. The Labute approximate surface area is 129 Å². The van der Waals surface area contributed by atoms with E-state index >= 15 is 0 Å². The van der Waals surface area contributed by atoms with Gasteiger partial charge in [0.2, 0.25) is 5.95 Å². The number of hydrogen-bond acceptors (Lipinski definition) is 5. The normalized spacial score (nSPS) is 12.4. The van der Waals surface area contributed by atoms with E-state index in [0.717, 1.165) is 5.56 Å². The molecule has 1 aromatic heterocycles. The van der Waals surface area contributed by atoms with E-state index < -0.39 is 0 Å². The molecule has 0 aliphatic heterocycles. The van der Waals surface area contributed by atoms with E-state index in [2.05, 4.69) is 10.3 Å². The van der Waals surface area contributed by atoms with Gasteiger partial charge in [-0.15, -0.1) is 0 Å². The summed E-state index contributed by atoms with van der Waals surface area (Å²) >= 11 is 0.